The van der Waals surface area contributed by atoms with E-state index in [-0.39, 0.29) is 5.92 Å². The zero-order valence-corrected chi connectivity index (χ0v) is 12.6. The number of hydrogen-bond donors (Lipinski definition) is 0. The summed E-state index contributed by atoms with van der Waals surface area (Å²) in [5.41, 5.74) is 5.75. The Morgan fingerprint density at radius 3 is 2.68 bits per heavy atom. The molecule has 1 aliphatic carbocycles. The molecule has 0 saturated carbocycles. The number of rotatable bonds is 1. The molecule has 0 N–H and O–H groups in total. The summed E-state index contributed by atoms with van der Waals surface area (Å²) in [5, 5.41) is 0. The monoisotopic (exact) mass is 290 g/mol. The van der Waals surface area contributed by atoms with Crippen LogP contribution in [-0.4, -0.2) is 17.8 Å². The number of allylic oxidation sites excluding steroid dienone is 2. The molecule has 0 spiro atoms. The van der Waals surface area contributed by atoms with Gasteiger partial charge in [0.1, 0.15) is 0 Å². The molecule has 0 bridgehead atoms. The normalized spacial score (nSPS) is 20.7. The molecule has 1 aromatic carbocycles. The average Bonchev–Trinajstić information content (AvgIpc) is 2.57. The maximum absolute atomic E-state index is 12.7. The predicted molar refractivity (Wildman–Crippen MR) is 86.8 cm³/mol. The van der Waals surface area contributed by atoms with E-state index in [1.165, 1.54) is 16.9 Å². The van der Waals surface area contributed by atoms with Crippen LogP contribution in [0.15, 0.2) is 60.1 Å². The second-order valence-electron chi connectivity index (χ2n) is 5.97. The molecule has 1 aliphatic heterocycles. The van der Waals surface area contributed by atoms with Crippen LogP contribution < -0.4 is 4.90 Å². The molecular formula is C19H18N2O. The van der Waals surface area contributed by atoms with Gasteiger partial charge in [0, 0.05) is 48.7 Å². The number of benzene rings is 1. The van der Waals surface area contributed by atoms with Gasteiger partial charge in [-0.2, -0.15) is 0 Å². The molecule has 3 nitrogen and oxygen atoms in total. The summed E-state index contributed by atoms with van der Waals surface area (Å²) < 4.78 is 0. The smallest absolute Gasteiger partial charge is 0.161 e. The minimum atomic E-state index is 0.0400. The number of Topliss-reactive ketones (excluding diaryl/α,β-unsaturated/α-hetero) is 1. The Labute approximate surface area is 130 Å². The number of pyridine rings is 1. The zero-order valence-electron chi connectivity index (χ0n) is 12.6. The topological polar surface area (TPSA) is 33.2 Å². The zero-order chi connectivity index (χ0) is 15.1. The third-order valence-corrected chi connectivity index (χ3v) is 4.77. The van der Waals surface area contributed by atoms with Crippen LogP contribution in [0.3, 0.4) is 0 Å². The van der Waals surface area contributed by atoms with Gasteiger partial charge in [0.15, 0.2) is 5.78 Å². The van der Waals surface area contributed by atoms with E-state index in [9.17, 15) is 4.79 Å². The molecule has 1 atom stereocenters. The van der Waals surface area contributed by atoms with Gasteiger partial charge in [-0.05, 0) is 42.2 Å². The highest BCUT2D eigenvalue weighted by Gasteiger charge is 2.36. The van der Waals surface area contributed by atoms with Crippen molar-refractivity contribution in [2.75, 3.05) is 11.9 Å². The summed E-state index contributed by atoms with van der Waals surface area (Å²) in [5.74, 6) is 0.336. The van der Waals surface area contributed by atoms with Crippen LogP contribution in [-0.2, 0) is 4.79 Å². The standard InChI is InChI=1S/C19H18N2O/c1-21-15-6-3-2-5-14(15)18(13-9-11-20-12-10-13)19-16(21)7-4-8-17(19)22/h2-3,5-6,9-12,18H,4,7-8H2,1H3. The summed E-state index contributed by atoms with van der Waals surface area (Å²) in [6.45, 7) is 0. The number of fused-ring (bicyclic) bond motifs is 1. The number of ketones is 1. The number of carbonyl (C=O) groups is 1. The lowest BCUT2D eigenvalue weighted by Gasteiger charge is -2.39. The predicted octanol–water partition coefficient (Wildman–Crippen LogP) is 3.67. The first-order valence-electron chi connectivity index (χ1n) is 7.76. The van der Waals surface area contributed by atoms with Crippen molar-refractivity contribution in [1.29, 1.82) is 0 Å². The minimum absolute atomic E-state index is 0.0400. The van der Waals surface area contributed by atoms with Crippen molar-refractivity contribution < 1.29 is 4.79 Å². The quantitative estimate of drug-likeness (QED) is 0.803. The number of hydrogen-bond acceptors (Lipinski definition) is 3. The van der Waals surface area contributed by atoms with Crippen molar-refractivity contribution in [1.82, 2.24) is 4.98 Å². The van der Waals surface area contributed by atoms with Crippen molar-refractivity contribution in [3.63, 3.8) is 0 Å². The first kappa shape index (κ1) is 13.3. The van der Waals surface area contributed by atoms with Crippen molar-refractivity contribution in [3.8, 4) is 0 Å². The molecule has 1 aromatic heterocycles. The lowest BCUT2D eigenvalue weighted by molar-refractivity contribution is -0.116. The summed E-state index contributed by atoms with van der Waals surface area (Å²) >= 11 is 0. The third-order valence-electron chi connectivity index (χ3n) is 4.77. The fourth-order valence-corrected chi connectivity index (χ4v) is 3.76. The molecule has 0 amide bonds. The number of aromatic nitrogens is 1. The Morgan fingerprint density at radius 2 is 1.86 bits per heavy atom. The SMILES string of the molecule is CN1C2=C(C(=O)CCC2)C(c2ccncc2)c2ccccc21. The van der Waals surface area contributed by atoms with Crippen LogP contribution in [0.1, 0.15) is 36.3 Å². The van der Waals surface area contributed by atoms with Gasteiger partial charge in [0.25, 0.3) is 0 Å². The van der Waals surface area contributed by atoms with Gasteiger partial charge in [0.05, 0.1) is 0 Å². The summed E-state index contributed by atoms with van der Waals surface area (Å²) in [7, 11) is 2.08. The first-order chi connectivity index (χ1) is 10.8. The highest BCUT2D eigenvalue weighted by molar-refractivity contribution is 6.01. The fourth-order valence-electron chi connectivity index (χ4n) is 3.76. The van der Waals surface area contributed by atoms with Gasteiger partial charge in [0.2, 0.25) is 0 Å². The molecule has 2 aromatic rings. The number of anilines is 1. The summed E-state index contributed by atoms with van der Waals surface area (Å²) in [6, 6.07) is 12.5. The Balaban J connectivity index is 1.99. The lowest BCUT2D eigenvalue weighted by Crippen LogP contribution is -2.32. The van der Waals surface area contributed by atoms with E-state index in [0.29, 0.717) is 12.2 Å². The van der Waals surface area contributed by atoms with E-state index in [0.717, 1.165) is 24.0 Å². The highest BCUT2D eigenvalue weighted by atomic mass is 16.1. The first-order valence-corrected chi connectivity index (χ1v) is 7.76. The molecule has 1 unspecified atom stereocenters. The molecule has 110 valence electrons. The highest BCUT2D eigenvalue weighted by Crippen LogP contribution is 2.47. The van der Waals surface area contributed by atoms with E-state index in [4.69, 9.17) is 0 Å². The molecule has 4 rings (SSSR count). The van der Waals surface area contributed by atoms with Gasteiger partial charge < -0.3 is 4.90 Å². The Bertz CT molecular complexity index is 764. The van der Waals surface area contributed by atoms with E-state index in [1.54, 1.807) is 0 Å². The largest absolute Gasteiger partial charge is 0.347 e. The van der Waals surface area contributed by atoms with Gasteiger partial charge in [-0.15, -0.1) is 0 Å². The van der Waals surface area contributed by atoms with Crippen LogP contribution in [0.2, 0.25) is 0 Å². The van der Waals surface area contributed by atoms with Gasteiger partial charge in [-0.1, -0.05) is 18.2 Å². The van der Waals surface area contributed by atoms with Crippen molar-refractivity contribution >= 4 is 11.5 Å². The molecule has 0 radical (unpaired) electrons. The maximum atomic E-state index is 12.7. The van der Waals surface area contributed by atoms with Crippen molar-refractivity contribution in [2.45, 2.75) is 25.2 Å². The second-order valence-corrected chi connectivity index (χ2v) is 5.97. The van der Waals surface area contributed by atoms with Gasteiger partial charge in [-0.3, -0.25) is 9.78 Å². The van der Waals surface area contributed by atoms with Gasteiger partial charge in [-0.25, -0.2) is 0 Å². The van der Waals surface area contributed by atoms with E-state index >= 15 is 0 Å². The third kappa shape index (κ3) is 1.89. The summed E-state index contributed by atoms with van der Waals surface area (Å²) in [6.07, 6.45) is 6.21. The molecule has 2 heterocycles. The van der Waals surface area contributed by atoms with Crippen LogP contribution in [0.5, 0.6) is 0 Å². The average molecular weight is 290 g/mol. The number of carbonyl (C=O) groups excluding carboxylic acids is 1. The molecular weight excluding hydrogens is 272 g/mol. The van der Waals surface area contributed by atoms with Crippen molar-refractivity contribution in [2.24, 2.45) is 0 Å². The molecule has 3 heteroatoms. The molecule has 22 heavy (non-hydrogen) atoms. The molecule has 2 aliphatic rings. The van der Waals surface area contributed by atoms with Crippen LogP contribution in [0.4, 0.5) is 5.69 Å². The number of para-hydroxylation sites is 1. The number of nitrogens with zero attached hydrogens (tertiary/aromatic N) is 2. The molecule has 0 saturated heterocycles. The Kier molecular flexibility index (Phi) is 3.07. The Morgan fingerprint density at radius 1 is 1.09 bits per heavy atom. The van der Waals surface area contributed by atoms with E-state index in [1.807, 2.05) is 24.5 Å². The van der Waals surface area contributed by atoms with E-state index < -0.39 is 0 Å². The summed E-state index contributed by atoms with van der Waals surface area (Å²) in [4.78, 5) is 19.0. The van der Waals surface area contributed by atoms with Crippen LogP contribution in [0, 0.1) is 0 Å². The minimum Gasteiger partial charge on any atom is -0.347 e. The lowest BCUT2D eigenvalue weighted by atomic mass is 9.75. The van der Waals surface area contributed by atoms with Crippen LogP contribution in [0.25, 0.3) is 0 Å². The molecule has 0 fully saturated rings. The second kappa shape index (κ2) is 5.09. The Hall–Kier alpha value is -2.42. The maximum Gasteiger partial charge on any atom is 0.161 e. The van der Waals surface area contributed by atoms with Crippen LogP contribution >= 0.6 is 0 Å². The van der Waals surface area contributed by atoms with Gasteiger partial charge >= 0.3 is 0 Å². The van der Waals surface area contributed by atoms with Crippen molar-refractivity contribution in [3.05, 3.63) is 71.2 Å². The van der Waals surface area contributed by atoms with E-state index in [2.05, 4.69) is 41.2 Å². The fraction of sp³-hybridized carbons (Fsp3) is 0.263.